The Morgan fingerprint density at radius 2 is 2.18 bits per heavy atom. The highest BCUT2D eigenvalue weighted by molar-refractivity contribution is 5.76. The third kappa shape index (κ3) is 3.07. The van der Waals surface area contributed by atoms with E-state index in [2.05, 4.69) is 17.4 Å². The van der Waals surface area contributed by atoms with E-state index in [1.165, 1.54) is 5.56 Å². The smallest absolute Gasteiger partial charge is 0.323 e. The van der Waals surface area contributed by atoms with E-state index in [0.717, 1.165) is 19.4 Å². The molecular weight excluding hydrogens is 214 g/mol. The van der Waals surface area contributed by atoms with Gasteiger partial charge >= 0.3 is 5.97 Å². The van der Waals surface area contributed by atoms with Crippen LogP contribution >= 0.6 is 0 Å². The molecule has 17 heavy (non-hydrogen) atoms. The Labute approximate surface area is 102 Å². The topological polar surface area (TPSA) is 38.3 Å². The summed E-state index contributed by atoms with van der Waals surface area (Å²) in [6, 6.07) is 10.2. The molecule has 2 rings (SSSR count). The van der Waals surface area contributed by atoms with Crippen molar-refractivity contribution < 1.29 is 9.53 Å². The van der Waals surface area contributed by atoms with Gasteiger partial charge in [0.25, 0.3) is 0 Å². The van der Waals surface area contributed by atoms with Crippen LogP contribution in [0, 0.1) is 5.92 Å². The van der Waals surface area contributed by atoms with Gasteiger partial charge in [0.05, 0.1) is 6.61 Å². The number of nitrogens with one attached hydrogen (secondary N) is 1. The number of benzene rings is 1. The summed E-state index contributed by atoms with van der Waals surface area (Å²) in [5.41, 5.74) is 1.29. The Bertz CT molecular complexity index is 364. The molecule has 92 valence electrons. The van der Waals surface area contributed by atoms with E-state index in [1.54, 1.807) is 0 Å². The summed E-state index contributed by atoms with van der Waals surface area (Å²) < 4.78 is 5.09. The molecule has 0 radical (unpaired) electrons. The number of esters is 1. The number of carbonyl (C=O) groups excluding carboxylic acids is 1. The van der Waals surface area contributed by atoms with Crippen molar-refractivity contribution in [2.24, 2.45) is 5.92 Å². The van der Waals surface area contributed by atoms with E-state index in [9.17, 15) is 4.79 Å². The van der Waals surface area contributed by atoms with Gasteiger partial charge in [-0.3, -0.25) is 4.79 Å². The maximum Gasteiger partial charge on any atom is 0.323 e. The van der Waals surface area contributed by atoms with Gasteiger partial charge in [-0.2, -0.15) is 0 Å². The summed E-state index contributed by atoms with van der Waals surface area (Å²) in [5.74, 6) is 0.252. The maximum absolute atomic E-state index is 11.8. The largest absolute Gasteiger partial charge is 0.465 e. The van der Waals surface area contributed by atoms with Crippen LogP contribution in [-0.2, 0) is 16.0 Å². The lowest BCUT2D eigenvalue weighted by Crippen LogP contribution is -2.37. The average Bonchev–Trinajstić information content (AvgIpc) is 2.79. The Balaban J connectivity index is 1.98. The molecule has 1 aromatic rings. The Morgan fingerprint density at radius 1 is 1.41 bits per heavy atom. The van der Waals surface area contributed by atoms with E-state index in [4.69, 9.17) is 4.74 Å². The van der Waals surface area contributed by atoms with Crippen molar-refractivity contribution >= 4 is 5.97 Å². The van der Waals surface area contributed by atoms with Crippen molar-refractivity contribution in [3.63, 3.8) is 0 Å². The highest BCUT2D eigenvalue weighted by atomic mass is 16.5. The fourth-order valence-electron chi connectivity index (χ4n) is 2.40. The molecule has 0 saturated carbocycles. The minimum absolute atomic E-state index is 0.106. The minimum atomic E-state index is -0.129. The van der Waals surface area contributed by atoms with Crippen LogP contribution in [-0.4, -0.2) is 25.2 Å². The zero-order valence-electron chi connectivity index (χ0n) is 10.2. The third-order valence-electron chi connectivity index (χ3n) is 3.23. The summed E-state index contributed by atoms with van der Waals surface area (Å²) in [5, 5.41) is 3.24. The van der Waals surface area contributed by atoms with Crippen LogP contribution in [0.1, 0.15) is 18.9 Å². The van der Waals surface area contributed by atoms with E-state index in [0.29, 0.717) is 12.5 Å². The zero-order chi connectivity index (χ0) is 12.1. The lowest BCUT2D eigenvalue weighted by atomic mass is 9.93. The molecule has 0 bridgehead atoms. The predicted molar refractivity (Wildman–Crippen MR) is 66.7 cm³/mol. The van der Waals surface area contributed by atoms with Gasteiger partial charge in [-0.25, -0.2) is 0 Å². The first-order chi connectivity index (χ1) is 8.31. The molecular formula is C14H19NO2. The van der Waals surface area contributed by atoms with Crippen molar-refractivity contribution in [2.45, 2.75) is 25.8 Å². The molecule has 0 aliphatic carbocycles. The molecule has 0 spiro atoms. The highest BCUT2D eigenvalue weighted by Crippen LogP contribution is 2.21. The lowest BCUT2D eigenvalue weighted by Gasteiger charge is -2.17. The molecule has 2 atom stereocenters. The van der Waals surface area contributed by atoms with Crippen molar-refractivity contribution in [1.82, 2.24) is 5.32 Å². The second-order valence-electron chi connectivity index (χ2n) is 4.42. The minimum Gasteiger partial charge on any atom is -0.465 e. The summed E-state index contributed by atoms with van der Waals surface area (Å²) in [6.45, 7) is 3.20. The molecule has 1 aliphatic heterocycles. The molecule has 0 amide bonds. The van der Waals surface area contributed by atoms with Crippen LogP contribution in [0.25, 0.3) is 0 Å². The number of hydrogen-bond donors (Lipinski definition) is 1. The summed E-state index contributed by atoms with van der Waals surface area (Å²) in [7, 11) is 0. The number of ether oxygens (including phenoxy) is 1. The van der Waals surface area contributed by atoms with Crippen molar-refractivity contribution in [3.8, 4) is 0 Å². The normalized spacial score (nSPS) is 23.6. The van der Waals surface area contributed by atoms with E-state index in [-0.39, 0.29) is 12.0 Å². The lowest BCUT2D eigenvalue weighted by molar-refractivity contribution is -0.146. The van der Waals surface area contributed by atoms with Gasteiger partial charge in [-0.05, 0) is 37.8 Å². The fourth-order valence-corrected chi connectivity index (χ4v) is 2.40. The zero-order valence-corrected chi connectivity index (χ0v) is 10.2. The summed E-state index contributed by atoms with van der Waals surface area (Å²) >= 11 is 0. The first kappa shape index (κ1) is 12.1. The molecule has 3 heteroatoms. The van der Waals surface area contributed by atoms with Gasteiger partial charge in [0.1, 0.15) is 6.04 Å². The monoisotopic (exact) mass is 233 g/mol. The maximum atomic E-state index is 11.8. The Morgan fingerprint density at radius 3 is 2.88 bits per heavy atom. The molecule has 1 heterocycles. The number of carbonyl (C=O) groups is 1. The van der Waals surface area contributed by atoms with Crippen molar-refractivity contribution in [3.05, 3.63) is 35.9 Å². The van der Waals surface area contributed by atoms with Crippen molar-refractivity contribution in [2.75, 3.05) is 13.2 Å². The molecule has 3 nitrogen and oxygen atoms in total. The van der Waals surface area contributed by atoms with Gasteiger partial charge in [-0.15, -0.1) is 0 Å². The summed E-state index contributed by atoms with van der Waals surface area (Å²) in [6.07, 6.45) is 1.98. The van der Waals surface area contributed by atoms with Crippen LogP contribution in [0.15, 0.2) is 30.3 Å². The van der Waals surface area contributed by atoms with Gasteiger partial charge in [-0.1, -0.05) is 30.3 Å². The summed E-state index contributed by atoms with van der Waals surface area (Å²) in [4.78, 5) is 11.8. The second-order valence-corrected chi connectivity index (χ2v) is 4.42. The SMILES string of the molecule is CCOC(=O)C1NCCC1Cc1ccccc1. The Kier molecular flexibility index (Phi) is 4.15. The molecule has 1 saturated heterocycles. The standard InChI is InChI=1S/C14H19NO2/c1-2-17-14(16)13-12(8-9-15-13)10-11-6-4-3-5-7-11/h3-7,12-13,15H,2,8-10H2,1H3. The number of hydrogen-bond acceptors (Lipinski definition) is 3. The van der Waals surface area contributed by atoms with Crippen molar-refractivity contribution in [1.29, 1.82) is 0 Å². The van der Waals surface area contributed by atoms with Crippen LogP contribution in [0.5, 0.6) is 0 Å². The van der Waals surface area contributed by atoms with E-state index >= 15 is 0 Å². The van der Waals surface area contributed by atoms with Gasteiger partial charge in [0, 0.05) is 0 Å². The molecule has 1 N–H and O–H groups in total. The molecule has 1 aliphatic rings. The van der Waals surface area contributed by atoms with Gasteiger partial charge in [0.15, 0.2) is 0 Å². The molecule has 2 unspecified atom stereocenters. The molecule has 1 aromatic carbocycles. The highest BCUT2D eigenvalue weighted by Gasteiger charge is 2.33. The average molecular weight is 233 g/mol. The van der Waals surface area contributed by atoms with Crippen LogP contribution in [0.2, 0.25) is 0 Å². The van der Waals surface area contributed by atoms with Gasteiger partial charge in [0.2, 0.25) is 0 Å². The predicted octanol–water partition coefficient (Wildman–Crippen LogP) is 1.77. The van der Waals surface area contributed by atoms with Crippen LogP contribution < -0.4 is 5.32 Å². The molecule has 1 fully saturated rings. The number of rotatable bonds is 4. The van der Waals surface area contributed by atoms with E-state index in [1.807, 2.05) is 25.1 Å². The third-order valence-corrected chi connectivity index (χ3v) is 3.23. The quantitative estimate of drug-likeness (QED) is 0.805. The van der Waals surface area contributed by atoms with Crippen LogP contribution in [0.4, 0.5) is 0 Å². The van der Waals surface area contributed by atoms with E-state index < -0.39 is 0 Å². The molecule has 0 aromatic heterocycles. The Hall–Kier alpha value is -1.35. The van der Waals surface area contributed by atoms with Gasteiger partial charge < -0.3 is 10.1 Å². The van der Waals surface area contributed by atoms with Crippen LogP contribution in [0.3, 0.4) is 0 Å². The first-order valence-electron chi connectivity index (χ1n) is 6.25. The second kappa shape index (κ2) is 5.82. The fraction of sp³-hybridized carbons (Fsp3) is 0.500. The first-order valence-corrected chi connectivity index (χ1v) is 6.25.